The van der Waals surface area contributed by atoms with E-state index in [1.54, 1.807) is 24.3 Å². The van der Waals surface area contributed by atoms with E-state index in [2.05, 4.69) is 10.5 Å². The van der Waals surface area contributed by atoms with Crippen molar-refractivity contribution in [2.45, 2.75) is 0 Å². The van der Waals surface area contributed by atoms with E-state index in [9.17, 15) is 15.0 Å². The molecule has 2 fully saturated rings. The van der Waals surface area contributed by atoms with Crippen LogP contribution in [-0.4, -0.2) is 54.1 Å². The first-order valence-electron chi connectivity index (χ1n) is 8.09. The molecule has 3 N–H and O–H groups in total. The largest absolute Gasteiger partial charge is 0.477 e. The molecule has 0 radical (unpaired) electrons. The van der Waals surface area contributed by atoms with Crippen LogP contribution >= 0.6 is 11.6 Å². The molecule has 1 aromatic carbocycles. The minimum atomic E-state index is -1.09. The molecule has 4 rings (SSSR count). The number of nitrogens with one attached hydrogen (secondary N) is 1. The quantitative estimate of drug-likeness (QED) is 0.760. The van der Waals surface area contributed by atoms with Gasteiger partial charge in [-0.05, 0) is 30.2 Å². The van der Waals surface area contributed by atoms with Gasteiger partial charge in [0.25, 0.3) is 0 Å². The lowest BCUT2D eigenvalue weighted by molar-refractivity contribution is 0.0698. The number of fused-ring (bicyclic) bond motifs is 1. The van der Waals surface area contributed by atoms with Crippen molar-refractivity contribution >= 4 is 23.4 Å². The van der Waals surface area contributed by atoms with Gasteiger partial charge in [-0.2, -0.15) is 0 Å². The van der Waals surface area contributed by atoms with E-state index in [-0.39, 0.29) is 29.3 Å². The van der Waals surface area contributed by atoms with Crippen LogP contribution in [0.25, 0.3) is 11.3 Å². The Morgan fingerprint density at radius 1 is 1.44 bits per heavy atom. The van der Waals surface area contributed by atoms with Crippen LogP contribution in [0.3, 0.4) is 0 Å². The van der Waals surface area contributed by atoms with Gasteiger partial charge in [-0.3, -0.25) is 0 Å². The molecule has 0 unspecified atom stereocenters. The molecule has 2 atom stereocenters. The average Bonchev–Trinajstić information content (AvgIpc) is 3.26. The monoisotopic (exact) mass is 363 g/mol. The lowest BCUT2D eigenvalue weighted by atomic mass is 9.82. The highest BCUT2D eigenvalue weighted by molar-refractivity contribution is 6.30. The molecule has 0 spiro atoms. The summed E-state index contributed by atoms with van der Waals surface area (Å²) in [7, 11) is 0. The molecule has 3 heterocycles. The number of halogens is 1. The Morgan fingerprint density at radius 2 is 2.20 bits per heavy atom. The van der Waals surface area contributed by atoms with Crippen LogP contribution in [0.5, 0.6) is 0 Å². The van der Waals surface area contributed by atoms with E-state index in [0.717, 1.165) is 13.1 Å². The molecule has 2 aliphatic rings. The zero-order valence-corrected chi connectivity index (χ0v) is 14.2. The van der Waals surface area contributed by atoms with Gasteiger partial charge in [-0.25, -0.2) is 4.79 Å². The number of hydrogen-bond acceptors (Lipinski definition) is 6. The van der Waals surface area contributed by atoms with E-state index >= 15 is 0 Å². The first-order valence-corrected chi connectivity index (χ1v) is 8.47. The fraction of sp³-hybridized carbons (Fsp3) is 0.412. The predicted octanol–water partition coefficient (Wildman–Crippen LogP) is 1.71. The van der Waals surface area contributed by atoms with Gasteiger partial charge in [0.15, 0.2) is 17.1 Å². The Labute approximate surface area is 149 Å². The number of aromatic nitrogens is 1. The molecule has 0 aliphatic carbocycles. The van der Waals surface area contributed by atoms with Gasteiger partial charge in [0.05, 0.1) is 6.61 Å². The molecule has 25 heavy (non-hydrogen) atoms. The second-order valence-electron chi connectivity index (χ2n) is 6.75. The zero-order chi connectivity index (χ0) is 17.6. The fourth-order valence-corrected chi connectivity index (χ4v) is 4.02. The summed E-state index contributed by atoms with van der Waals surface area (Å²) in [5, 5.41) is 27.5. The standard InChI is InChI=1S/C17H18ClN3O4/c18-12-3-1-10(2-4-12)14-13(16(23)24)15(20-25-14)21-6-11-5-19-7-17(11,8-21)9-22/h1-4,11,19,22H,5-9H2,(H,23,24)/t11-,17+/m0/s1. The molecule has 0 saturated carbocycles. The number of benzene rings is 1. The molecule has 2 aromatic rings. The van der Waals surface area contributed by atoms with E-state index in [0.29, 0.717) is 29.5 Å². The molecule has 132 valence electrons. The normalized spacial score (nSPS) is 25.4. The number of carbonyl (C=O) groups is 1. The van der Waals surface area contributed by atoms with E-state index in [4.69, 9.17) is 16.1 Å². The average molecular weight is 364 g/mol. The first-order chi connectivity index (χ1) is 12.0. The third kappa shape index (κ3) is 2.59. The summed E-state index contributed by atoms with van der Waals surface area (Å²) in [5.41, 5.74) is 0.400. The Kier molecular flexibility index (Phi) is 3.94. The van der Waals surface area contributed by atoms with E-state index < -0.39 is 5.97 Å². The van der Waals surface area contributed by atoms with Gasteiger partial charge in [0.2, 0.25) is 0 Å². The number of aliphatic hydroxyl groups is 1. The second-order valence-corrected chi connectivity index (χ2v) is 7.19. The minimum Gasteiger partial charge on any atom is -0.477 e. The first kappa shape index (κ1) is 16.4. The maximum Gasteiger partial charge on any atom is 0.343 e. The van der Waals surface area contributed by atoms with E-state index in [1.165, 1.54) is 0 Å². The van der Waals surface area contributed by atoms with Gasteiger partial charge in [0, 0.05) is 42.2 Å². The summed E-state index contributed by atoms with van der Waals surface area (Å²) in [6.07, 6.45) is 0. The third-order valence-electron chi connectivity index (χ3n) is 5.29. The molecule has 7 nitrogen and oxygen atoms in total. The van der Waals surface area contributed by atoms with Crippen molar-refractivity contribution in [3.05, 3.63) is 34.9 Å². The summed E-state index contributed by atoms with van der Waals surface area (Å²) in [5.74, 6) is -0.295. The van der Waals surface area contributed by atoms with Gasteiger partial charge in [-0.15, -0.1) is 0 Å². The maximum atomic E-state index is 11.9. The van der Waals surface area contributed by atoms with Crippen molar-refractivity contribution in [3.8, 4) is 11.3 Å². The molecule has 0 amide bonds. The van der Waals surface area contributed by atoms with Crippen molar-refractivity contribution in [2.75, 3.05) is 37.7 Å². The van der Waals surface area contributed by atoms with Crippen LogP contribution in [0.1, 0.15) is 10.4 Å². The highest BCUT2D eigenvalue weighted by atomic mass is 35.5. The molecular formula is C17H18ClN3O4. The van der Waals surface area contributed by atoms with Crippen LogP contribution in [-0.2, 0) is 0 Å². The Hall–Kier alpha value is -2.09. The number of anilines is 1. The smallest absolute Gasteiger partial charge is 0.343 e. The number of carboxylic acid groups (broad SMARTS) is 1. The summed E-state index contributed by atoms with van der Waals surface area (Å²) >= 11 is 5.90. The van der Waals surface area contributed by atoms with Gasteiger partial charge in [-0.1, -0.05) is 16.8 Å². The summed E-state index contributed by atoms with van der Waals surface area (Å²) in [6.45, 7) is 2.77. The van der Waals surface area contributed by atoms with Gasteiger partial charge < -0.3 is 25.0 Å². The highest BCUT2D eigenvalue weighted by Crippen LogP contribution is 2.42. The lowest BCUT2D eigenvalue weighted by Gasteiger charge is -2.25. The number of hydrogen-bond donors (Lipinski definition) is 3. The van der Waals surface area contributed by atoms with Crippen molar-refractivity contribution < 1.29 is 19.5 Å². The molecule has 8 heteroatoms. The number of carboxylic acids is 1. The lowest BCUT2D eigenvalue weighted by Crippen LogP contribution is -2.36. The van der Waals surface area contributed by atoms with Crippen LogP contribution in [0.2, 0.25) is 5.02 Å². The minimum absolute atomic E-state index is 0.0448. The molecule has 2 aliphatic heterocycles. The third-order valence-corrected chi connectivity index (χ3v) is 5.54. The number of aliphatic hydroxyl groups excluding tert-OH is 1. The summed E-state index contributed by atoms with van der Waals surface area (Å²) in [6, 6.07) is 6.77. The van der Waals surface area contributed by atoms with Gasteiger partial charge >= 0.3 is 5.97 Å². The van der Waals surface area contributed by atoms with Crippen molar-refractivity contribution in [3.63, 3.8) is 0 Å². The van der Waals surface area contributed by atoms with E-state index in [1.807, 2.05) is 4.90 Å². The number of rotatable bonds is 4. The van der Waals surface area contributed by atoms with Crippen molar-refractivity contribution in [1.82, 2.24) is 10.5 Å². The summed E-state index contributed by atoms with van der Waals surface area (Å²) in [4.78, 5) is 13.8. The van der Waals surface area contributed by atoms with Crippen molar-refractivity contribution in [1.29, 1.82) is 0 Å². The number of aromatic carboxylic acids is 1. The van der Waals surface area contributed by atoms with Crippen LogP contribution in [0.4, 0.5) is 5.82 Å². The predicted molar refractivity (Wildman–Crippen MR) is 92.0 cm³/mol. The molecule has 1 aromatic heterocycles. The maximum absolute atomic E-state index is 11.9. The number of nitrogens with zero attached hydrogens (tertiary/aromatic N) is 2. The van der Waals surface area contributed by atoms with Crippen LogP contribution in [0, 0.1) is 11.3 Å². The summed E-state index contributed by atoms with van der Waals surface area (Å²) < 4.78 is 5.39. The molecule has 2 saturated heterocycles. The molecular weight excluding hydrogens is 346 g/mol. The zero-order valence-electron chi connectivity index (χ0n) is 13.4. The second kappa shape index (κ2) is 6.01. The topological polar surface area (TPSA) is 98.8 Å². The fourth-order valence-electron chi connectivity index (χ4n) is 3.90. The molecule has 0 bridgehead atoms. The van der Waals surface area contributed by atoms with Gasteiger partial charge in [0.1, 0.15) is 0 Å². The Morgan fingerprint density at radius 3 is 2.84 bits per heavy atom. The van der Waals surface area contributed by atoms with Crippen LogP contribution in [0.15, 0.2) is 28.8 Å². The van der Waals surface area contributed by atoms with Crippen LogP contribution < -0.4 is 10.2 Å². The Bertz CT molecular complexity index is 807. The van der Waals surface area contributed by atoms with Crippen molar-refractivity contribution in [2.24, 2.45) is 11.3 Å². The SMILES string of the molecule is O=C(O)c1c(N2C[C@@H]3CNC[C@]3(CO)C2)noc1-c1ccc(Cl)cc1. The Balaban J connectivity index is 1.72. The highest BCUT2D eigenvalue weighted by Gasteiger charge is 2.50.